The first-order valence-corrected chi connectivity index (χ1v) is 10.8. The number of hydrogen-bond acceptors (Lipinski definition) is 4. The highest BCUT2D eigenvalue weighted by molar-refractivity contribution is 6.06. The van der Waals surface area contributed by atoms with Gasteiger partial charge in [0.2, 0.25) is 11.8 Å². The van der Waals surface area contributed by atoms with Gasteiger partial charge in [-0.15, -0.1) is 0 Å². The van der Waals surface area contributed by atoms with Gasteiger partial charge < -0.3 is 15.7 Å². The Bertz CT molecular complexity index is 653. The van der Waals surface area contributed by atoms with E-state index in [4.69, 9.17) is 0 Å². The van der Waals surface area contributed by atoms with Gasteiger partial charge in [-0.25, -0.2) is 0 Å². The van der Waals surface area contributed by atoms with Crippen LogP contribution in [0, 0.1) is 23.7 Å². The summed E-state index contributed by atoms with van der Waals surface area (Å²) in [6.07, 6.45) is 9.66. The molecule has 4 aliphatic rings. The van der Waals surface area contributed by atoms with Gasteiger partial charge in [0.25, 0.3) is 0 Å². The van der Waals surface area contributed by atoms with Crippen molar-refractivity contribution in [3.05, 3.63) is 12.2 Å². The van der Waals surface area contributed by atoms with E-state index in [2.05, 4.69) is 27.8 Å². The van der Waals surface area contributed by atoms with Crippen molar-refractivity contribution >= 4 is 17.8 Å². The van der Waals surface area contributed by atoms with Crippen LogP contribution in [0.5, 0.6) is 0 Å². The molecule has 3 fully saturated rings. The zero-order valence-corrected chi connectivity index (χ0v) is 16.7. The number of nitrogens with one attached hydrogen (secondary N) is 2. The van der Waals surface area contributed by atoms with Gasteiger partial charge in [0, 0.05) is 19.6 Å². The van der Waals surface area contributed by atoms with Crippen molar-refractivity contribution in [2.24, 2.45) is 28.7 Å². The fraction of sp³-hybridized carbons (Fsp3) is 0.762. The molecule has 1 heterocycles. The van der Waals surface area contributed by atoms with Gasteiger partial charge in [-0.2, -0.15) is 0 Å². The molecule has 1 aliphatic heterocycles. The maximum Gasteiger partial charge on any atom is 0.233 e. The topological polar surface area (TPSA) is 94.0 Å². The SMILES string of the molecule is CCNC(=NCC1(O)CCCC1)NCCCN1C(=O)C2C3C=CC(C3)C2C1=O. The van der Waals surface area contributed by atoms with Crippen LogP contribution in [0.1, 0.15) is 45.4 Å². The Morgan fingerprint density at radius 3 is 2.43 bits per heavy atom. The lowest BCUT2D eigenvalue weighted by atomic mass is 9.85. The molecular weight excluding hydrogens is 356 g/mol. The summed E-state index contributed by atoms with van der Waals surface area (Å²) < 4.78 is 0. The van der Waals surface area contributed by atoms with Gasteiger partial charge in [0.05, 0.1) is 24.0 Å². The van der Waals surface area contributed by atoms with E-state index in [1.165, 1.54) is 4.90 Å². The molecule has 3 aliphatic carbocycles. The first-order valence-electron chi connectivity index (χ1n) is 10.8. The first-order chi connectivity index (χ1) is 13.5. The predicted octanol–water partition coefficient (Wildman–Crippen LogP) is 1.04. The van der Waals surface area contributed by atoms with Gasteiger partial charge in [-0.1, -0.05) is 25.0 Å². The average molecular weight is 389 g/mol. The predicted molar refractivity (Wildman–Crippen MR) is 106 cm³/mol. The number of rotatable bonds is 7. The smallest absolute Gasteiger partial charge is 0.233 e. The van der Waals surface area contributed by atoms with E-state index in [0.717, 1.165) is 38.6 Å². The van der Waals surface area contributed by atoms with E-state index >= 15 is 0 Å². The summed E-state index contributed by atoms with van der Waals surface area (Å²) in [6, 6.07) is 0. The van der Waals surface area contributed by atoms with Crippen LogP contribution in [-0.2, 0) is 9.59 Å². The highest BCUT2D eigenvalue weighted by Gasteiger charge is 2.58. The van der Waals surface area contributed by atoms with E-state index < -0.39 is 5.60 Å². The molecule has 7 nitrogen and oxygen atoms in total. The molecule has 1 saturated heterocycles. The fourth-order valence-electron chi connectivity index (χ4n) is 5.39. The van der Waals surface area contributed by atoms with E-state index in [-0.39, 0.29) is 35.5 Å². The van der Waals surface area contributed by atoms with Crippen molar-refractivity contribution in [1.82, 2.24) is 15.5 Å². The minimum atomic E-state index is -0.665. The number of likely N-dealkylation sites (tertiary alicyclic amines) is 1. The van der Waals surface area contributed by atoms with Crippen molar-refractivity contribution in [2.45, 2.75) is 51.0 Å². The number of amides is 2. The summed E-state index contributed by atoms with van der Waals surface area (Å²) in [5, 5.41) is 16.9. The van der Waals surface area contributed by atoms with Crippen molar-refractivity contribution < 1.29 is 14.7 Å². The Morgan fingerprint density at radius 1 is 1.18 bits per heavy atom. The van der Waals surface area contributed by atoms with Crippen LogP contribution in [-0.4, -0.2) is 59.6 Å². The minimum absolute atomic E-state index is 0.0240. The Kier molecular flexibility index (Phi) is 5.45. The molecule has 3 N–H and O–H groups in total. The molecule has 2 saturated carbocycles. The molecule has 7 heteroatoms. The molecule has 0 aromatic carbocycles. The molecule has 4 unspecified atom stereocenters. The number of aliphatic hydroxyl groups is 1. The number of carbonyl (C=O) groups excluding carboxylic acids is 2. The standard InChI is InChI=1S/C21H32N4O3/c1-2-22-20(24-13-21(28)8-3-4-9-21)23-10-5-11-25-18(26)16-14-6-7-15(12-14)17(16)19(25)27/h6-7,14-17,28H,2-5,8-13H2,1H3,(H2,22,23,24). The van der Waals surface area contributed by atoms with Crippen LogP contribution >= 0.6 is 0 Å². The summed E-state index contributed by atoms with van der Waals surface area (Å²) in [4.78, 5) is 31.4. The number of fused-ring (bicyclic) bond motifs is 5. The lowest BCUT2D eigenvalue weighted by Gasteiger charge is -2.21. The molecule has 2 amide bonds. The third-order valence-electron chi connectivity index (χ3n) is 6.82. The Labute approximate surface area is 166 Å². The number of aliphatic imine (C=N–C) groups is 1. The summed E-state index contributed by atoms with van der Waals surface area (Å²) in [6.45, 7) is 4.24. The molecular formula is C21H32N4O3. The highest BCUT2D eigenvalue weighted by atomic mass is 16.3. The van der Waals surface area contributed by atoms with E-state index in [9.17, 15) is 14.7 Å². The normalized spacial score (nSPS) is 33.1. The van der Waals surface area contributed by atoms with Crippen LogP contribution < -0.4 is 10.6 Å². The molecule has 154 valence electrons. The third-order valence-corrected chi connectivity index (χ3v) is 6.82. The van der Waals surface area contributed by atoms with E-state index in [1.54, 1.807) is 0 Å². The van der Waals surface area contributed by atoms with Crippen LogP contribution in [0.2, 0.25) is 0 Å². The molecule has 0 radical (unpaired) electrons. The molecule has 0 aromatic heterocycles. The number of carbonyl (C=O) groups is 2. The summed E-state index contributed by atoms with van der Waals surface area (Å²) in [7, 11) is 0. The van der Waals surface area contributed by atoms with Crippen LogP contribution in [0.25, 0.3) is 0 Å². The number of guanidine groups is 1. The minimum Gasteiger partial charge on any atom is -0.388 e. The van der Waals surface area contributed by atoms with Gasteiger partial charge >= 0.3 is 0 Å². The summed E-state index contributed by atoms with van der Waals surface area (Å²) >= 11 is 0. The Balaban J connectivity index is 1.25. The Morgan fingerprint density at radius 2 is 1.82 bits per heavy atom. The average Bonchev–Trinajstić information content (AvgIpc) is 3.44. The summed E-state index contributed by atoms with van der Waals surface area (Å²) in [5.74, 6) is 1.04. The van der Waals surface area contributed by atoms with Gasteiger partial charge in [-0.3, -0.25) is 19.5 Å². The largest absolute Gasteiger partial charge is 0.388 e. The molecule has 4 rings (SSSR count). The van der Waals surface area contributed by atoms with E-state index in [0.29, 0.717) is 32.0 Å². The lowest BCUT2D eigenvalue weighted by molar-refractivity contribution is -0.140. The maximum absolute atomic E-state index is 12.7. The van der Waals surface area contributed by atoms with Crippen LogP contribution in [0.4, 0.5) is 0 Å². The van der Waals surface area contributed by atoms with Crippen molar-refractivity contribution in [3.8, 4) is 0 Å². The molecule has 0 aromatic rings. The van der Waals surface area contributed by atoms with Crippen LogP contribution in [0.15, 0.2) is 17.1 Å². The zero-order chi connectivity index (χ0) is 19.7. The third kappa shape index (κ3) is 3.56. The number of imide groups is 1. The second-order valence-electron chi connectivity index (χ2n) is 8.73. The molecule has 2 bridgehead atoms. The summed E-state index contributed by atoms with van der Waals surface area (Å²) in [5.41, 5.74) is -0.665. The molecule has 0 spiro atoms. The first kappa shape index (κ1) is 19.4. The van der Waals surface area contributed by atoms with Crippen molar-refractivity contribution in [2.75, 3.05) is 26.2 Å². The van der Waals surface area contributed by atoms with Gasteiger partial charge in [0.15, 0.2) is 5.96 Å². The van der Waals surface area contributed by atoms with Crippen LogP contribution in [0.3, 0.4) is 0 Å². The van der Waals surface area contributed by atoms with Gasteiger partial charge in [-0.05, 0) is 44.4 Å². The quantitative estimate of drug-likeness (QED) is 0.199. The fourth-order valence-corrected chi connectivity index (χ4v) is 5.39. The monoisotopic (exact) mass is 388 g/mol. The second kappa shape index (κ2) is 7.85. The number of allylic oxidation sites excluding steroid dienone is 2. The highest BCUT2D eigenvalue weighted by Crippen LogP contribution is 2.52. The molecule has 4 atom stereocenters. The van der Waals surface area contributed by atoms with Gasteiger partial charge in [0.1, 0.15) is 0 Å². The van der Waals surface area contributed by atoms with Crippen molar-refractivity contribution in [1.29, 1.82) is 0 Å². The second-order valence-corrected chi connectivity index (χ2v) is 8.73. The Hall–Kier alpha value is -1.89. The van der Waals surface area contributed by atoms with Crippen molar-refractivity contribution in [3.63, 3.8) is 0 Å². The maximum atomic E-state index is 12.7. The molecule has 28 heavy (non-hydrogen) atoms. The van der Waals surface area contributed by atoms with E-state index in [1.807, 2.05) is 6.92 Å². The number of nitrogens with zero attached hydrogens (tertiary/aromatic N) is 2. The zero-order valence-electron chi connectivity index (χ0n) is 16.7. The lowest BCUT2D eigenvalue weighted by Crippen LogP contribution is -2.41. The number of hydrogen-bond donors (Lipinski definition) is 3.